The Morgan fingerprint density at radius 2 is 2.36 bits per heavy atom. The topological polar surface area (TPSA) is 49.8 Å². The molecule has 14 heavy (non-hydrogen) atoms. The second kappa shape index (κ2) is 7.53. The molecular weight excluding hydrogens is 182 g/mol. The number of carbonyl (C=O) groups excluding carboxylic acids is 1. The zero-order chi connectivity index (χ0) is 11.0. The van der Waals surface area contributed by atoms with Gasteiger partial charge in [-0.25, -0.2) is 0 Å². The molecule has 0 aliphatic heterocycles. The number of ether oxygens (including phenoxy) is 1. The number of nitrogens with zero attached hydrogens (tertiary/aromatic N) is 1. The van der Waals surface area contributed by atoms with Gasteiger partial charge in [-0.2, -0.15) is 0 Å². The number of carbonyl (C=O) groups is 1. The molecule has 4 nitrogen and oxygen atoms in total. The number of amides is 1. The smallest absolute Gasteiger partial charge is 0.222 e. The van der Waals surface area contributed by atoms with Crippen molar-refractivity contribution in [1.29, 1.82) is 0 Å². The summed E-state index contributed by atoms with van der Waals surface area (Å²) in [6.45, 7) is 4.10. The lowest BCUT2D eigenvalue weighted by Gasteiger charge is -2.20. The number of aliphatic hydroxyl groups excluding tert-OH is 1. The fourth-order valence-corrected chi connectivity index (χ4v) is 1.08. The molecule has 0 radical (unpaired) electrons. The minimum absolute atomic E-state index is 0.0139. The number of allylic oxidation sites excluding steroid dienone is 1. The standard InChI is InChI=1S/C10H19NO3/c1-4-5-6-10(13)11(2)7-9(12)8-14-3/h4,9,12H,1,5-8H2,2-3H3. The highest BCUT2D eigenvalue weighted by Gasteiger charge is 2.12. The third-order valence-electron chi connectivity index (χ3n) is 1.83. The highest BCUT2D eigenvalue weighted by Crippen LogP contribution is 1.98. The van der Waals surface area contributed by atoms with Gasteiger partial charge < -0.3 is 14.7 Å². The Labute approximate surface area is 85.2 Å². The Hall–Kier alpha value is -0.870. The third kappa shape index (κ3) is 5.72. The van der Waals surface area contributed by atoms with Crippen molar-refractivity contribution < 1.29 is 14.6 Å². The molecule has 0 spiro atoms. The molecule has 0 bridgehead atoms. The lowest BCUT2D eigenvalue weighted by atomic mass is 10.2. The van der Waals surface area contributed by atoms with Crippen molar-refractivity contribution >= 4 is 5.91 Å². The van der Waals surface area contributed by atoms with E-state index in [1.54, 1.807) is 13.1 Å². The van der Waals surface area contributed by atoms with E-state index in [2.05, 4.69) is 6.58 Å². The lowest BCUT2D eigenvalue weighted by molar-refractivity contribution is -0.131. The summed E-state index contributed by atoms with van der Waals surface area (Å²) in [4.78, 5) is 12.9. The van der Waals surface area contributed by atoms with Crippen LogP contribution in [0.1, 0.15) is 12.8 Å². The first kappa shape index (κ1) is 13.1. The van der Waals surface area contributed by atoms with Gasteiger partial charge in [0.05, 0.1) is 12.7 Å². The average molecular weight is 201 g/mol. The number of hydrogen-bond donors (Lipinski definition) is 1. The molecule has 0 saturated carbocycles. The van der Waals surface area contributed by atoms with Crippen molar-refractivity contribution in [3.63, 3.8) is 0 Å². The van der Waals surface area contributed by atoms with E-state index in [9.17, 15) is 9.90 Å². The summed E-state index contributed by atoms with van der Waals surface area (Å²) < 4.78 is 4.76. The van der Waals surface area contributed by atoms with Gasteiger partial charge >= 0.3 is 0 Å². The van der Waals surface area contributed by atoms with Crippen LogP contribution in [0.3, 0.4) is 0 Å². The van der Waals surface area contributed by atoms with Crippen molar-refractivity contribution in [3.8, 4) is 0 Å². The van der Waals surface area contributed by atoms with E-state index in [0.29, 0.717) is 19.4 Å². The maximum absolute atomic E-state index is 11.4. The molecule has 0 saturated heterocycles. The van der Waals surface area contributed by atoms with Crippen molar-refractivity contribution in [2.24, 2.45) is 0 Å². The molecule has 4 heteroatoms. The van der Waals surface area contributed by atoms with Crippen molar-refractivity contribution in [2.45, 2.75) is 18.9 Å². The zero-order valence-corrected chi connectivity index (χ0v) is 8.90. The van der Waals surface area contributed by atoms with Gasteiger partial charge in [-0.15, -0.1) is 6.58 Å². The quantitative estimate of drug-likeness (QED) is 0.607. The number of hydrogen-bond acceptors (Lipinski definition) is 3. The van der Waals surface area contributed by atoms with Gasteiger partial charge in [0.15, 0.2) is 0 Å². The molecular formula is C10H19NO3. The van der Waals surface area contributed by atoms with Crippen LogP contribution in [0.15, 0.2) is 12.7 Å². The summed E-state index contributed by atoms with van der Waals surface area (Å²) in [5, 5.41) is 9.35. The predicted molar refractivity (Wildman–Crippen MR) is 55.0 cm³/mol. The zero-order valence-electron chi connectivity index (χ0n) is 8.90. The van der Waals surface area contributed by atoms with Gasteiger partial charge in [0.1, 0.15) is 0 Å². The molecule has 0 fully saturated rings. The fourth-order valence-electron chi connectivity index (χ4n) is 1.08. The normalized spacial score (nSPS) is 12.2. The highest BCUT2D eigenvalue weighted by molar-refractivity contribution is 5.75. The van der Waals surface area contributed by atoms with Crippen molar-refractivity contribution in [2.75, 3.05) is 27.3 Å². The Kier molecular flexibility index (Phi) is 7.06. The van der Waals surface area contributed by atoms with Gasteiger partial charge in [-0.1, -0.05) is 6.08 Å². The van der Waals surface area contributed by atoms with Crippen molar-refractivity contribution in [3.05, 3.63) is 12.7 Å². The van der Waals surface area contributed by atoms with E-state index in [1.807, 2.05) is 0 Å². The fraction of sp³-hybridized carbons (Fsp3) is 0.700. The van der Waals surface area contributed by atoms with Crippen LogP contribution >= 0.6 is 0 Å². The second-order valence-electron chi connectivity index (χ2n) is 3.21. The molecule has 0 rings (SSSR count). The minimum atomic E-state index is -0.613. The maximum atomic E-state index is 11.4. The van der Waals surface area contributed by atoms with E-state index in [1.165, 1.54) is 12.0 Å². The van der Waals surface area contributed by atoms with E-state index in [4.69, 9.17) is 4.74 Å². The number of likely N-dealkylation sites (N-methyl/N-ethyl adjacent to an activating group) is 1. The van der Waals surface area contributed by atoms with Crippen LogP contribution in [0.4, 0.5) is 0 Å². The van der Waals surface area contributed by atoms with Crippen LogP contribution < -0.4 is 0 Å². The first-order chi connectivity index (χ1) is 6.61. The van der Waals surface area contributed by atoms with Crippen LogP contribution in [0.5, 0.6) is 0 Å². The molecule has 82 valence electrons. The van der Waals surface area contributed by atoms with Gasteiger partial charge in [-0.05, 0) is 6.42 Å². The third-order valence-corrected chi connectivity index (χ3v) is 1.83. The molecule has 0 aromatic rings. The summed E-state index contributed by atoms with van der Waals surface area (Å²) in [6.07, 6.45) is 2.21. The van der Waals surface area contributed by atoms with E-state index >= 15 is 0 Å². The Balaban J connectivity index is 3.75. The molecule has 1 atom stereocenters. The van der Waals surface area contributed by atoms with Gasteiger partial charge in [0.2, 0.25) is 5.91 Å². The average Bonchev–Trinajstić information content (AvgIpc) is 2.14. The molecule has 0 aromatic carbocycles. The van der Waals surface area contributed by atoms with Gasteiger partial charge in [-0.3, -0.25) is 4.79 Å². The first-order valence-corrected chi connectivity index (χ1v) is 4.63. The Bertz CT molecular complexity index is 182. The molecule has 0 aromatic heterocycles. The van der Waals surface area contributed by atoms with Crippen molar-refractivity contribution in [1.82, 2.24) is 4.90 Å². The van der Waals surface area contributed by atoms with Crippen LogP contribution in [-0.4, -0.2) is 49.3 Å². The second-order valence-corrected chi connectivity index (χ2v) is 3.21. The summed E-state index contributed by atoms with van der Waals surface area (Å²) in [6, 6.07) is 0. The van der Waals surface area contributed by atoms with E-state index in [-0.39, 0.29) is 12.5 Å². The Morgan fingerprint density at radius 1 is 1.71 bits per heavy atom. The molecule has 1 amide bonds. The van der Waals surface area contributed by atoms with Gasteiger partial charge in [0.25, 0.3) is 0 Å². The SMILES string of the molecule is C=CCCC(=O)N(C)CC(O)COC. The summed E-state index contributed by atoms with van der Waals surface area (Å²) in [7, 11) is 3.19. The largest absolute Gasteiger partial charge is 0.389 e. The maximum Gasteiger partial charge on any atom is 0.222 e. The molecule has 1 unspecified atom stereocenters. The lowest BCUT2D eigenvalue weighted by Crippen LogP contribution is -2.36. The molecule has 0 heterocycles. The van der Waals surface area contributed by atoms with Crippen LogP contribution in [0, 0.1) is 0 Å². The van der Waals surface area contributed by atoms with E-state index < -0.39 is 6.10 Å². The number of methoxy groups -OCH3 is 1. The van der Waals surface area contributed by atoms with Crippen LogP contribution in [0.2, 0.25) is 0 Å². The Morgan fingerprint density at radius 3 is 2.86 bits per heavy atom. The van der Waals surface area contributed by atoms with Crippen LogP contribution in [0.25, 0.3) is 0 Å². The molecule has 0 aliphatic carbocycles. The summed E-state index contributed by atoms with van der Waals surface area (Å²) >= 11 is 0. The molecule has 0 aliphatic rings. The van der Waals surface area contributed by atoms with Gasteiger partial charge in [0, 0.05) is 27.1 Å². The molecule has 1 N–H and O–H groups in total. The number of rotatable bonds is 7. The summed E-state index contributed by atoms with van der Waals surface area (Å²) in [5.74, 6) is 0.0139. The van der Waals surface area contributed by atoms with E-state index in [0.717, 1.165) is 0 Å². The monoisotopic (exact) mass is 201 g/mol. The van der Waals surface area contributed by atoms with Crippen LogP contribution in [-0.2, 0) is 9.53 Å². The number of aliphatic hydroxyl groups is 1. The first-order valence-electron chi connectivity index (χ1n) is 4.63. The summed E-state index contributed by atoms with van der Waals surface area (Å²) in [5.41, 5.74) is 0. The minimum Gasteiger partial charge on any atom is -0.389 e. The predicted octanol–water partition coefficient (Wildman–Crippen LogP) is 0.418. The highest BCUT2D eigenvalue weighted by atomic mass is 16.5.